The van der Waals surface area contributed by atoms with Crippen molar-refractivity contribution >= 4 is 23.6 Å². The Morgan fingerprint density at radius 3 is 2.19 bits per heavy atom. The second kappa shape index (κ2) is 9.76. The third kappa shape index (κ3) is 5.60. The molecule has 1 amide bonds. The zero-order chi connectivity index (χ0) is 22.4. The molecule has 1 fully saturated rings. The minimum Gasteiger partial charge on any atom is -0.473 e. The molecule has 0 aliphatic carbocycles. The van der Waals surface area contributed by atoms with E-state index in [1.807, 2.05) is 4.90 Å². The number of furan rings is 1. The van der Waals surface area contributed by atoms with Crippen LogP contribution in [0, 0.1) is 0 Å². The average molecular weight is 432 g/mol. The normalized spacial score (nSPS) is 15.0. The van der Waals surface area contributed by atoms with Gasteiger partial charge >= 0.3 is 11.9 Å². The van der Waals surface area contributed by atoms with Gasteiger partial charge in [-0.2, -0.15) is 0 Å². The number of rotatable bonds is 4. The molecule has 4 rings (SSSR count). The van der Waals surface area contributed by atoms with Gasteiger partial charge in [-0.3, -0.25) is 14.5 Å². The van der Waals surface area contributed by atoms with E-state index in [1.165, 1.54) is 6.26 Å². The predicted octanol–water partition coefficient (Wildman–Crippen LogP) is 0.805. The van der Waals surface area contributed by atoms with Gasteiger partial charge < -0.3 is 29.0 Å². The molecule has 2 aliphatic heterocycles. The standard InChI is InChI=1S/C18H18N2O5.C2H2O4/c21-14(15-2-1-9-23-15)11-19-5-7-20(8-6-19)18(22)13-3-4-16-17(10-13)25-12-24-16;3-1(4)2(5)6/h1-4,9-10H,5-8,11-12H2;(H,3,4)(H,5,6). The molecule has 11 heteroatoms. The van der Waals surface area contributed by atoms with Crippen molar-refractivity contribution in [2.45, 2.75) is 0 Å². The summed E-state index contributed by atoms with van der Waals surface area (Å²) in [5.74, 6) is -2.08. The number of amides is 1. The number of carboxylic acid groups (broad SMARTS) is 2. The minimum atomic E-state index is -1.82. The highest BCUT2D eigenvalue weighted by Gasteiger charge is 2.25. The van der Waals surface area contributed by atoms with E-state index in [0.717, 1.165) is 0 Å². The van der Waals surface area contributed by atoms with Crippen LogP contribution in [0.2, 0.25) is 0 Å². The number of hydrogen-bond acceptors (Lipinski definition) is 8. The Hall–Kier alpha value is -3.86. The fourth-order valence-electron chi connectivity index (χ4n) is 3.04. The quantitative estimate of drug-likeness (QED) is 0.525. The average Bonchev–Trinajstić information content (AvgIpc) is 3.45. The summed E-state index contributed by atoms with van der Waals surface area (Å²) in [4.78, 5) is 46.8. The number of ketones is 1. The van der Waals surface area contributed by atoms with Gasteiger partial charge in [-0.1, -0.05) is 0 Å². The number of ether oxygens (including phenoxy) is 2. The van der Waals surface area contributed by atoms with Crippen LogP contribution in [-0.2, 0) is 9.59 Å². The van der Waals surface area contributed by atoms with E-state index in [2.05, 4.69) is 0 Å². The summed E-state index contributed by atoms with van der Waals surface area (Å²) in [5.41, 5.74) is 0.587. The van der Waals surface area contributed by atoms with Crippen molar-refractivity contribution < 1.29 is 43.3 Å². The topological polar surface area (TPSA) is 147 Å². The van der Waals surface area contributed by atoms with Crippen LogP contribution in [0.25, 0.3) is 0 Å². The molecule has 2 aromatic rings. The van der Waals surface area contributed by atoms with Gasteiger partial charge in [0.1, 0.15) is 0 Å². The second-order valence-corrected chi connectivity index (χ2v) is 6.65. The number of carbonyl (C=O) groups is 4. The van der Waals surface area contributed by atoms with Crippen LogP contribution < -0.4 is 9.47 Å². The highest BCUT2D eigenvalue weighted by molar-refractivity contribution is 6.27. The minimum absolute atomic E-state index is 0.0321. The molecule has 0 spiro atoms. The van der Waals surface area contributed by atoms with Gasteiger partial charge in [0.15, 0.2) is 17.3 Å². The predicted molar refractivity (Wildman–Crippen MR) is 103 cm³/mol. The number of carboxylic acids is 2. The molecule has 0 atom stereocenters. The van der Waals surface area contributed by atoms with Crippen molar-refractivity contribution in [1.82, 2.24) is 9.80 Å². The Kier molecular flexibility index (Phi) is 6.88. The van der Waals surface area contributed by atoms with Crippen LogP contribution in [0.15, 0.2) is 41.0 Å². The van der Waals surface area contributed by atoms with Gasteiger partial charge in [0, 0.05) is 31.7 Å². The molecule has 3 heterocycles. The van der Waals surface area contributed by atoms with Crippen molar-refractivity contribution in [3.63, 3.8) is 0 Å². The maximum Gasteiger partial charge on any atom is 0.414 e. The molecular formula is C20H20N2O9. The molecule has 1 aromatic heterocycles. The molecule has 2 aliphatic rings. The first-order valence-electron chi connectivity index (χ1n) is 9.29. The van der Waals surface area contributed by atoms with Crippen LogP contribution in [0.3, 0.4) is 0 Å². The first-order chi connectivity index (χ1) is 14.8. The van der Waals surface area contributed by atoms with E-state index in [9.17, 15) is 9.59 Å². The maximum absolute atomic E-state index is 12.6. The number of fused-ring (bicyclic) bond motifs is 1. The fourth-order valence-corrected chi connectivity index (χ4v) is 3.04. The first kappa shape index (κ1) is 21.8. The Bertz CT molecular complexity index is 951. The summed E-state index contributed by atoms with van der Waals surface area (Å²) < 4.78 is 15.7. The lowest BCUT2D eigenvalue weighted by Crippen LogP contribution is -2.49. The van der Waals surface area contributed by atoms with Crippen molar-refractivity contribution in [3.05, 3.63) is 47.9 Å². The molecule has 0 bridgehead atoms. The zero-order valence-corrected chi connectivity index (χ0v) is 16.4. The van der Waals surface area contributed by atoms with Crippen LogP contribution in [0.1, 0.15) is 20.9 Å². The summed E-state index contributed by atoms with van der Waals surface area (Å²) in [6, 6.07) is 8.60. The van der Waals surface area contributed by atoms with Crippen LogP contribution in [-0.4, -0.2) is 83.2 Å². The smallest absolute Gasteiger partial charge is 0.414 e. The third-order valence-corrected chi connectivity index (χ3v) is 4.63. The lowest BCUT2D eigenvalue weighted by atomic mass is 10.1. The zero-order valence-electron chi connectivity index (χ0n) is 16.4. The fraction of sp³-hybridized carbons (Fsp3) is 0.300. The number of aliphatic carboxylic acids is 2. The van der Waals surface area contributed by atoms with E-state index < -0.39 is 11.9 Å². The van der Waals surface area contributed by atoms with Crippen LogP contribution in [0.4, 0.5) is 0 Å². The van der Waals surface area contributed by atoms with E-state index >= 15 is 0 Å². The van der Waals surface area contributed by atoms with Gasteiger partial charge in [-0.05, 0) is 30.3 Å². The number of benzene rings is 1. The van der Waals surface area contributed by atoms with Gasteiger partial charge in [0.25, 0.3) is 5.91 Å². The molecule has 11 nitrogen and oxygen atoms in total. The molecule has 2 N–H and O–H groups in total. The lowest BCUT2D eigenvalue weighted by molar-refractivity contribution is -0.159. The van der Waals surface area contributed by atoms with Gasteiger partial charge in [-0.25, -0.2) is 9.59 Å². The molecule has 1 saturated heterocycles. The SMILES string of the molecule is O=C(CN1CCN(C(=O)c2ccc3c(c2)OCO3)CC1)c1ccco1.O=C(O)C(=O)O. The molecule has 0 saturated carbocycles. The molecule has 0 radical (unpaired) electrons. The summed E-state index contributed by atoms with van der Waals surface area (Å²) in [6.45, 7) is 2.97. The molecule has 31 heavy (non-hydrogen) atoms. The summed E-state index contributed by atoms with van der Waals surface area (Å²) >= 11 is 0. The van der Waals surface area contributed by atoms with E-state index in [0.29, 0.717) is 55.5 Å². The molecular weight excluding hydrogens is 412 g/mol. The van der Waals surface area contributed by atoms with Gasteiger partial charge in [0.05, 0.1) is 12.8 Å². The number of hydrogen-bond donors (Lipinski definition) is 2. The molecule has 0 unspecified atom stereocenters. The maximum atomic E-state index is 12.6. The summed E-state index contributed by atoms with van der Waals surface area (Å²) in [6.07, 6.45) is 1.50. The highest BCUT2D eigenvalue weighted by atomic mass is 16.7. The first-order valence-corrected chi connectivity index (χ1v) is 9.29. The monoisotopic (exact) mass is 432 g/mol. The Morgan fingerprint density at radius 2 is 1.58 bits per heavy atom. The number of piperazine rings is 1. The number of nitrogens with zero attached hydrogens (tertiary/aromatic N) is 2. The van der Waals surface area contributed by atoms with E-state index in [1.54, 1.807) is 35.2 Å². The third-order valence-electron chi connectivity index (χ3n) is 4.63. The molecule has 164 valence electrons. The Morgan fingerprint density at radius 1 is 0.903 bits per heavy atom. The number of carbonyl (C=O) groups excluding carboxylic acids is 2. The number of Topliss-reactive ketones (excluding diaryl/α,β-unsaturated/α-hetero) is 1. The molecule has 1 aromatic carbocycles. The van der Waals surface area contributed by atoms with Crippen molar-refractivity contribution in [3.8, 4) is 11.5 Å². The van der Waals surface area contributed by atoms with Crippen LogP contribution in [0.5, 0.6) is 11.5 Å². The Balaban J connectivity index is 0.000000401. The van der Waals surface area contributed by atoms with Crippen LogP contribution >= 0.6 is 0 Å². The largest absolute Gasteiger partial charge is 0.473 e. The Labute approximate surface area is 176 Å². The lowest BCUT2D eigenvalue weighted by Gasteiger charge is -2.34. The summed E-state index contributed by atoms with van der Waals surface area (Å²) in [5, 5.41) is 14.8. The van der Waals surface area contributed by atoms with Crippen molar-refractivity contribution in [2.24, 2.45) is 0 Å². The second-order valence-electron chi connectivity index (χ2n) is 6.65. The van der Waals surface area contributed by atoms with Gasteiger partial charge in [-0.15, -0.1) is 0 Å². The van der Waals surface area contributed by atoms with E-state index in [-0.39, 0.29) is 18.5 Å². The van der Waals surface area contributed by atoms with Crippen molar-refractivity contribution in [1.29, 1.82) is 0 Å². The van der Waals surface area contributed by atoms with Crippen molar-refractivity contribution in [2.75, 3.05) is 39.5 Å². The van der Waals surface area contributed by atoms with Gasteiger partial charge in [0.2, 0.25) is 12.6 Å². The highest BCUT2D eigenvalue weighted by Crippen LogP contribution is 2.32. The summed E-state index contributed by atoms with van der Waals surface area (Å²) in [7, 11) is 0. The van der Waals surface area contributed by atoms with E-state index in [4.69, 9.17) is 33.7 Å².